The Kier molecular flexibility index (Phi) is 8.28. The molecule has 0 spiro atoms. The largest absolute Gasteiger partial charge is 0.482 e. The van der Waals surface area contributed by atoms with Crippen LogP contribution in [0.2, 0.25) is 5.02 Å². The minimum Gasteiger partial charge on any atom is -0.482 e. The Balaban J connectivity index is 1.68. The van der Waals surface area contributed by atoms with Crippen LogP contribution in [-0.2, 0) is 22.7 Å². The van der Waals surface area contributed by atoms with Crippen molar-refractivity contribution < 1.29 is 14.3 Å². The van der Waals surface area contributed by atoms with E-state index in [1.165, 1.54) is 4.90 Å². The van der Waals surface area contributed by atoms with Crippen LogP contribution < -0.4 is 10.1 Å². The van der Waals surface area contributed by atoms with Gasteiger partial charge in [-0.1, -0.05) is 83.9 Å². The van der Waals surface area contributed by atoms with Crippen molar-refractivity contribution in [1.29, 1.82) is 0 Å². The van der Waals surface area contributed by atoms with Crippen LogP contribution in [0.3, 0.4) is 0 Å². The van der Waals surface area contributed by atoms with Crippen LogP contribution in [0.25, 0.3) is 0 Å². The fraction of sp³-hybridized carbons (Fsp3) is 0.231. The first-order valence-electron chi connectivity index (χ1n) is 10.5. The molecule has 3 aromatic carbocycles. The zero-order valence-electron chi connectivity index (χ0n) is 18.3. The summed E-state index contributed by atoms with van der Waals surface area (Å²) in [6.45, 7) is 4.22. The second kappa shape index (κ2) is 11.3. The summed E-state index contributed by atoms with van der Waals surface area (Å²) >= 11 is 6.13. The quantitative estimate of drug-likeness (QED) is 0.511. The lowest BCUT2D eigenvalue weighted by molar-refractivity contribution is -0.142. The summed E-state index contributed by atoms with van der Waals surface area (Å²) in [5.41, 5.74) is 3.09. The van der Waals surface area contributed by atoms with Crippen molar-refractivity contribution in [2.75, 3.05) is 6.61 Å². The van der Waals surface area contributed by atoms with E-state index < -0.39 is 6.04 Å². The molecule has 32 heavy (non-hydrogen) atoms. The van der Waals surface area contributed by atoms with Gasteiger partial charge in [-0.3, -0.25) is 9.59 Å². The summed E-state index contributed by atoms with van der Waals surface area (Å²) in [6.07, 6.45) is 0. The van der Waals surface area contributed by atoms with Gasteiger partial charge in [0.05, 0.1) is 5.02 Å². The lowest BCUT2D eigenvalue weighted by Gasteiger charge is -2.29. The fourth-order valence-electron chi connectivity index (χ4n) is 3.19. The summed E-state index contributed by atoms with van der Waals surface area (Å²) in [5, 5.41) is 3.36. The molecule has 3 rings (SSSR count). The van der Waals surface area contributed by atoms with Gasteiger partial charge in [0.25, 0.3) is 5.91 Å². The average Bonchev–Trinajstić information content (AvgIpc) is 2.81. The van der Waals surface area contributed by atoms with E-state index in [0.717, 1.165) is 16.7 Å². The van der Waals surface area contributed by atoms with Crippen molar-refractivity contribution in [3.8, 4) is 5.75 Å². The first-order chi connectivity index (χ1) is 15.4. The predicted octanol–water partition coefficient (Wildman–Crippen LogP) is 4.76. The number of hydrogen-bond acceptors (Lipinski definition) is 3. The van der Waals surface area contributed by atoms with Crippen molar-refractivity contribution in [3.63, 3.8) is 0 Å². The molecule has 166 valence electrons. The summed E-state index contributed by atoms with van der Waals surface area (Å²) in [4.78, 5) is 27.5. The van der Waals surface area contributed by atoms with E-state index >= 15 is 0 Å². The van der Waals surface area contributed by atoms with Gasteiger partial charge in [-0.15, -0.1) is 0 Å². The third-order valence-electron chi connectivity index (χ3n) is 5.14. The fourth-order valence-corrected chi connectivity index (χ4v) is 3.38. The highest BCUT2D eigenvalue weighted by atomic mass is 35.5. The Morgan fingerprint density at radius 3 is 2.28 bits per heavy atom. The number of amides is 2. The molecule has 1 atom stereocenters. The van der Waals surface area contributed by atoms with E-state index in [-0.39, 0.29) is 18.4 Å². The number of hydrogen-bond donors (Lipinski definition) is 1. The number of para-hydroxylation sites is 1. The van der Waals surface area contributed by atoms with Gasteiger partial charge in [0, 0.05) is 13.1 Å². The minimum atomic E-state index is -0.678. The normalized spacial score (nSPS) is 11.5. The maximum Gasteiger partial charge on any atom is 0.261 e. The van der Waals surface area contributed by atoms with Crippen molar-refractivity contribution in [2.45, 2.75) is 33.0 Å². The monoisotopic (exact) mass is 450 g/mol. The first-order valence-corrected chi connectivity index (χ1v) is 10.9. The van der Waals surface area contributed by atoms with E-state index in [4.69, 9.17) is 16.3 Å². The molecule has 6 heteroatoms. The van der Waals surface area contributed by atoms with Crippen molar-refractivity contribution in [2.24, 2.45) is 0 Å². The van der Waals surface area contributed by atoms with E-state index in [1.54, 1.807) is 31.2 Å². The van der Waals surface area contributed by atoms with Crippen LogP contribution in [0, 0.1) is 6.92 Å². The van der Waals surface area contributed by atoms with Gasteiger partial charge in [-0.05, 0) is 37.1 Å². The number of aryl methyl sites for hydroxylation is 1. The lowest BCUT2D eigenvalue weighted by Crippen LogP contribution is -2.48. The summed E-state index contributed by atoms with van der Waals surface area (Å²) in [5.74, 6) is -0.0991. The smallest absolute Gasteiger partial charge is 0.261 e. The number of nitrogens with one attached hydrogen (secondary N) is 1. The van der Waals surface area contributed by atoms with Gasteiger partial charge in [0.1, 0.15) is 11.8 Å². The molecule has 0 aliphatic heterocycles. The molecule has 0 fully saturated rings. The second-order valence-electron chi connectivity index (χ2n) is 7.61. The van der Waals surface area contributed by atoms with E-state index in [0.29, 0.717) is 23.9 Å². The highest BCUT2D eigenvalue weighted by Gasteiger charge is 2.26. The van der Waals surface area contributed by atoms with Crippen molar-refractivity contribution in [3.05, 3.63) is 101 Å². The van der Waals surface area contributed by atoms with Crippen molar-refractivity contribution >= 4 is 23.4 Å². The molecule has 0 bridgehead atoms. The molecule has 0 saturated carbocycles. The van der Waals surface area contributed by atoms with Gasteiger partial charge in [0.2, 0.25) is 5.91 Å². The predicted molar refractivity (Wildman–Crippen MR) is 126 cm³/mol. The SMILES string of the molecule is Cc1ccc(CNC(=O)[C@H](C)N(Cc2ccccc2)C(=O)COc2ccccc2Cl)cc1. The Bertz CT molecular complexity index is 1040. The molecule has 0 aliphatic rings. The summed E-state index contributed by atoms with van der Waals surface area (Å²) in [6, 6.07) is 23.8. The molecule has 1 N–H and O–H groups in total. The Morgan fingerprint density at radius 1 is 0.938 bits per heavy atom. The van der Waals surface area contributed by atoms with E-state index in [9.17, 15) is 9.59 Å². The number of nitrogens with zero attached hydrogens (tertiary/aromatic N) is 1. The molecule has 0 heterocycles. The van der Waals surface area contributed by atoms with Gasteiger partial charge in [-0.25, -0.2) is 0 Å². The van der Waals surface area contributed by atoms with E-state index in [2.05, 4.69) is 5.32 Å². The average molecular weight is 451 g/mol. The summed E-state index contributed by atoms with van der Waals surface area (Å²) in [7, 11) is 0. The van der Waals surface area contributed by atoms with E-state index in [1.807, 2.05) is 61.5 Å². The Morgan fingerprint density at radius 2 is 1.59 bits per heavy atom. The number of halogens is 1. The maximum atomic E-state index is 13.1. The van der Waals surface area contributed by atoms with Crippen LogP contribution in [0.5, 0.6) is 5.75 Å². The molecule has 0 aromatic heterocycles. The summed E-state index contributed by atoms with van der Waals surface area (Å²) < 4.78 is 5.63. The number of benzene rings is 3. The maximum absolute atomic E-state index is 13.1. The molecule has 5 nitrogen and oxygen atoms in total. The molecule has 0 aliphatic carbocycles. The zero-order valence-corrected chi connectivity index (χ0v) is 19.0. The van der Waals surface area contributed by atoms with Crippen LogP contribution in [0.1, 0.15) is 23.6 Å². The van der Waals surface area contributed by atoms with Crippen LogP contribution in [-0.4, -0.2) is 29.4 Å². The molecule has 2 amide bonds. The van der Waals surface area contributed by atoms with Crippen LogP contribution >= 0.6 is 11.6 Å². The van der Waals surface area contributed by atoms with Gasteiger partial charge < -0.3 is 15.0 Å². The van der Waals surface area contributed by atoms with Gasteiger partial charge in [0.15, 0.2) is 6.61 Å². The highest BCUT2D eigenvalue weighted by Crippen LogP contribution is 2.23. The zero-order chi connectivity index (χ0) is 22.9. The van der Waals surface area contributed by atoms with Gasteiger partial charge >= 0.3 is 0 Å². The Labute approximate surface area is 194 Å². The number of ether oxygens (including phenoxy) is 1. The molecule has 0 unspecified atom stereocenters. The topological polar surface area (TPSA) is 58.6 Å². The molecular weight excluding hydrogens is 424 g/mol. The standard InChI is InChI=1S/C26H27ClN2O3/c1-19-12-14-21(15-13-19)16-28-26(31)20(2)29(17-22-8-4-3-5-9-22)25(30)18-32-24-11-7-6-10-23(24)27/h3-15,20H,16-18H2,1-2H3,(H,28,31)/t20-/m0/s1. The third-order valence-corrected chi connectivity index (χ3v) is 5.45. The number of carbonyl (C=O) groups is 2. The lowest BCUT2D eigenvalue weighted by atomic mass is 10.1. The van der Waals surface area contributed by atoms with Gasteiger partial charge in [-0.2, -0.15) is 0 Å². The minimum absolute atomic E-state index is 0.216. The van der Waals surface area contributed by atoms with Crippen molar-refractivity contribution in [1.82, 2.24) is 10.2 Å². The first kappa shape index (κ1) is 23.4. The molecule has 0 saturated heterocycles. The third kappa shape index (κ3) is 6.59. The second-order valence-corrected chi connectivity index (χ2v) is 8.01. The van der Waals surface area contributed by atoms with Crippen LogP contribution in [0.4, 0.5) is 0 Å². The number of rotatable bonds is 9. The molecule has 3 aromatic rings. The Hall–Kier alpha value is -3.31. The number of carbonyl (C=O) groups excluding carboxylic acids is 2. The molecule has 0 radical (unpaired) electrons. The van der Waals surface area contributed by atoms with Crippen LogP contribution in [0.15, 0.2) is 78.9 Å². The molecular formula is C26H27ClN2O3. The highest BCUT2D eigenvalue weighted by molar-refractivity contribution is 6.32.